The number of nitrogens with zero attached hydrogens (tertiary/aromatic N) is 2. The highest BCUT2D eigenvalue weighted by Gasteiger charge is 2.21. The second kappa shape index (κ2) is 10.0. The molecule has 0 saturated heterocycles. The van der Waals surface area contributed by atoms with Crippen molar-refractivity contribution in [2.45, 2.75) is 0 Å². The first kappa shape index (κ1) is 25.9. The first-order valence-electron chi connectivity index (χ1n) is 15.5. The van der Waals surface area contributed by atoms with Crippen LogP contribution in [0.25, 0.3) is 67.8 Å². The molecule has 3 aromatic heterocycles. The van der Waals surface area contributed by atoms with Crippen molar-refractivity contribution in [1.82, 2.24) is 4.57 Å². The Kier molecular flexibility index (Phi) is 5.65. The quantitative estimate of drug-likeness (QED) is 0.190. The van der Waals surface area contributed by atoms with Crippen LogP contribution in [0.5, 0.6) is 0 Å². The van der Waals surface area contributed by atoms with Crippen molar-refractivity contribution in [3.63, 3.8) is 0 Å². The van der Waals surface area contributed by atoms with Gasteiger partial charge in [-0.3, -0.25) is 0 Å². The highest BCUT2D eigenvalue weighted by atomic mass is 32.1. The van der Waals surface area contributed by atoms with Crippen molar-refractivity contribution in [3.05, 3.63) is 158 Å². The number of fused-ring (bicyclic) bond motifs is 9. The molecule has 0 atom stereocenters. The van der Waals surface area contributed by atoms with E-state index in [0.717, 1.165) is 17.1 Å². The topological polar surface area (TPSA) is 8.17 Å². The SMILES string of the molecule is c1ccc(-n2c3ccccc3c3ccc(N(c4ccc5sc6ccccc6c5c4)c4cccc5c4sc4ccccc45)cc32)cc1. The molecule has 0 radical (unpaired) electrons. The third kappa shape index (κ3) is 3.81. The first-order chi connectivity index (χ1) is 22.8. The Hall–Kier alpha value is -5.42. The number of anilines is 3. The van der Waals surface area contributed by atoms with Gasteiger partial charge in [-0.05, 0) is 66.7 Å². The highest BCUT2D eigenvalue weighted by molar-refractivity contribution is 7.26. The number of para-hydroxylation sites is 2. The maximum atomic E-state index is 2.47. The van der Waals surface area contributed by atoms with Crippen LogP contribution < -0.4 is 4.90 Å². The minimum Gasteiger partial charge on any atom is -0.309 e. The van der Waals surface area contributed by atoms with Crippen molar-refractivity contribution in [3.8, 4) is 5.69 Å². The van der Waals surface area contributed by atoms with E-state index in [0.29, 0.717) is 0 Å². The highest BCUT2D eigenvalue weighted by Crippen LogP contribution is 2.47. The summed E-state index contributed by atoms with van der Waals surface area (Å²) < 4.78 is 7.64. The molecule has 0 amide bonds. The lowest BCUT2D eigenvalue weighted by Gasteiger charge is -2.26. The summed E-state index contributed by atoms with van der Waals surface area (Å²) in [7, 11) is 0. The van der Waals surface area contributed by atoms with E-state index < -0.39 is 0 Å². The van der Waals surface area contributed by atoms with Crippen LogP contribution in [0.2, 0.25) is 0 Å². The van der Waals surface area contributed by atoms with Gasteiger partial charge in [0.2, 0.25) is 0 Å². The van der Waals surface area contributed by atoms with Crippen LogP contribution in [0, 0.1) is 0 Å². The summed E-state index contributed by atoms with van der Waals surface area (Å²) >= 11 is 3.74. The van der Waals surface area contributed by atoms with Gasteiger partial charge in [-0.1, -0.05) is 91.0 Å². The van der Waals surface area contributed by atoms with E-state index in [1.165, 1.54) is 67.8 Å². The number of hydrogen-bond donors (Lipinski definition) is 0. The zero-order valence-corrected chi connectivity index (χ0v) is 26.4. The van der Waals surface area contributed by atoms with E-state index in [-0.39, 0.29) is 0 Å². The smallest absolute Gasteiger partial charge is 0.0640 e. The fraction of sp³-hybridized carbons (Fsp3) is 0. The van der Waals surface area contributed by atoms with Gasteiger partial charge in [-0.25, -0.2) is 0 Å². The Balaban J connectivity index is 1.29. The van der Waals surface area contributed by atoms with Gasteiger partial charge in [-0.15, -0.1) is 22.7 Å². The second-order valence-electron chi connectivity index (χ2n) is 11.8. The molecule has 0 spiro atoms. The number of hydrogen-bond acceptors (Lipinski definition) is 3. The Labute approximate surface area is 273 Å². The Morgan fingerprint density at radius 3 is 1.85 bits per heavy atom. The van der Waals surface area contributed by atoms with Crippen molar-refractivity contribution >= 4 is 102 Å². The normalized spacial score (nSPS) is 11.9. The van der Waals surface area contributed by atoms with Crippen LogP contribution in [0.4, 0.5) is 17.1 Å². The van der Waals surface area contributed by atoms with Crippen molar-refractivity contribution in [2.75, 3.05) is 4.90 Å². The molecule has 0 N–H and O–H groups in total. The summed E-state index contributed by atoms with van der Waals surface area (Å²) in [5, 5.41) is 7.72. The molecule has 10 aromatic rings. The zero-order chi connectivity index (χ0) is 30.2. The molecular formula is C42H26N2S2. The van der Waals surface area contributed by atoms with E-state index >= 15 is 0 Å². The molecule has 0 unspecified atom stereocenters. The van der Waals surface area contributed by atoms with Gasteiger partial charge in [0.05, 0.1) is 21.4 Å². The van der Waals surface area contributed by atoms with Crippen LogP contribution in [-0.4, -0.2) is 4.57 Å². The van der Waals surface area contributed by atoms with E-state index in [1.807, 2.05) is 22.7 Å². The molecule has 46 heavy (non-hydrogen) atoms. The van der Waals surface area contributed by atoms with Gasteiger partial charge in [0.25, 0.3) is 0 Å². The molecule has 4 heteroatoms. The average molecular weight is 623 g/mol. The lowest BCUT2D eigenvalue weighted by Crippen LogP contribution is -2.10. The molecule has 10 rings (SSSR count). The third-order valence-corrected chi connectivity index (χ3v) is 11.5. The Bertz CT molecular complexity index is 2770. The molecular weight excluding hydrogens is 597 g/mol. The summed E-state index contributed by atoms with van der Waals surface area (Å²) in [6.07, 6.45) is 0. The number of benzene rings is 7. The van der Waals surface area contributed by atoms with E-state index in [9.17, 15) is 0 Å². The van der Waals surface area contributed by atoms with E-state index in [2.05, 4.69) is 167 Å². The molecule has 0 fully saturated rings. The van der Waals surface area contributed by atoms with Gasteiger partial charge in [-0.2, -0.15) is 0 Å². The minimum absolute atomic E-state index is 1.14. The maximum absolute atomic E-state index is 2.47. The third-order valence-electron chi connectivity index (χ3n) is 9.17. The van der Waals surface area contributed by atoms with Crippen LogP contribution in [0.15, 0.2) is 158 Å². The maximum Gasteiger partial charge on any atom is 0.0640 e. The molecule has 0 saturated carbocycles. The number of rotatable bonds is 4. The number of aromatic nitrogens is 1. The number of thiophene rings is 2. The van der Waals surface area contributed by atoms with Gasteiger partial charge < -0.3 is 9.47 Å². The second-order valence-corrected chi connectivity index (χ2v) is 13.9. The molecule has 7 aromatic carbocycles. The van der Waals surface area contributed by atoms with Gasteiger partial charge in [0, 0.05) is 63.5 Å². The fourth-order valence-corrected chi connectivity index (χ4v) is 9.43. The van der Waals surface area contributed by atoms with Crippen LogP contribution in [0.1, 0.15) is 0 Å². The Morgan fingerprint density at radius 1 is 0.391 bits per heavy atom. The summed E-state index contributed by atoms with van der Waals surface area (Å²) in [5.41, 5.74) is 7.05. The van der Waals surface area contributed by atoms with Crippen LogP contribution in [0.3, 0.4) is 0 Å². The first-order valence-corrected chi connectivity index (χ1v) is 17.2. The molecule has 0 aliphatic rings. The van der Waals surface area contributed by atoms with E-state index in [1.54, 1.807) is 0 Å². The minimum atomic E-state index is 1.14. The van der Waals surface area contributed by atoms with Crippen LogP contribution >= 0.6 is 22.7 Å². The van der Waals surface area contributed by atoms with Gasteiger partial charge >= 0.3 is 0 Å². The molecule has 216 valence electrons. The lowest BCUT2D eigenvalue weighted by molar-refractivity contribution is 1.18. The predicted molar refractivity (Wildman–Crippen MR) is 201 cm³/mol. The van der Waals surface area contributed by atoms with Gasteiger partial charge in [0.1, 0.15) is 0 Å². The monoisotopic (exact) mass is 622 g/mol. The Morgan fingerprint density at radius 2 is 1.00 bits per heavy atom. The molecule has 0 bridgehead atoms. The van der Waals surface area contributed by atoms with E-state index in [4.69, 9.17) is 0 Å². The van der Waals surface area contributed by atoms with Crippen molar-refractivity contribution in [1.29, 1.82) is 0 Å². The molecule has 0 aliphatic heterocycles. The average Bonchev–Trinajstić information content (AvgIpc) is 3.78. The zero-order valence-electron chi connectivity index (χ0n) is 24.7. The van der Waals surface area contributed by atoms with Crippen LogP contribution in [-0.2, 0) is 0 Å². The van der Waals surface area contributed by atoms with Crippen molar-refractivity contribution < 1.29 is 0 Å². The summed E-state index contributed by atoms with van der Waals surface area (Å²) in [5.74, 6) is 0. The molecule has 2 nitrogen and oxygen atoms in total. The summed E-state index contributed by atoms with van der Waals surface area (Å²) in [6.45, 7) is 0. The standard InChI is InChI=1S/C42H26N2S2/c1-2-11-27(12-3-1)44-36-17-7-4-13-30(36)31-23-21-29(26-38(31)44)43(28-22-24-41-35(25-28)33-15-6-8-19-39(33)45-41)37-18-10-16-34-32-14-5-9-20-40(32)46-42(34)37/h1-26H. The lowest BCUT2D eigenvalue weighted by atomic mass is 10.1. The van der Waals surface area contributed by atoms with Crippen molar-refractivity contribution in [2.24, 2.45) is 0 Å². The van der Waals surface area contributed by atoms with Gasteiger partial charge in [0.15, 0.2) is 0 Å². The molecule has 3 heterocycles. The summed E-state index contributed by atoms with van der Waals surface area (Å²) in [4.78, 5) is 2.47. The summed E-state index contributed by atoms with van der Waals surface area (Å²) in [6, 6.07) is 57.7. The largest absolute Gasteiger partial charge is 0.309 e. The molecule has 0 aliphatic carbocycles. The fourth-order valence-electron chi connectivity index (χ4n) is 7.14. The predicted octanol–water partition coefficient (Wildman–Crippen LogP) is 13.0.